The average Bonchev–Trinajstić information content (AvgIpc) is 2.30. The third-order valence-corrected chi connectivity index (χ3v) is 2.72. The largest absolute Gasteiger partial charge is 0.251 e. The lowest BCUT2D eigenvalue weighted by atomic mass is 9.94. The molecule has 0 fully saturated rings. The second-order valence-electron chi connectivity index (χ2n) is 3.96. The summed E-state index contributed by atoms with van der Waals surface area (Å²) in [5.74, 6) is -1.08. The highest BCUT2D eigenvalue weighted by molar-refractivity contribution is 5.64. The van der Waals surface area contributed by atoms with E-state index in [4.69, 9.17) is 6.42 Å². The summed E-state index contributed by atoms with van der Waals surface area (Å²) in [4.78, 5) is 3.94. The van der Waals surface area contributed by atoms with Crippen LogP contribution in [0.4, 0.5) is 13.2 Å². The van der Waals surface area contributed by atoms with Crippen LogP contribution in [-0.4, -0.2) is 10.9 Å². The summed E-state index contributed by atoms with van der Waals surface area (Å²) in [5.41, 5.74) is 1.10. The van der Waals surface area contributed by atoms with Crippen molar-refractivity contribution in [1.82, 2.24) is 4.98 Å². The first-order valence-corrected chi connectivity index (χ1v) is 5.22. The van der Waals surface area contributed by atoms with Gasteiger partial charge in [-0.1, -0.05) is 6.08 Å². The van der Waals surface area contributed by atoms with E-state index in [1.54, 1.807) is 0 Å². The summed E-state index contributed by atoms with van der Waals surface area (Å²) in [5, 5.41) is 0. The van der Waals surface area contributed by atoms with E-state index in [-0.39, 0.29) is 25.0 Å². The minimum absolute atomic E-state index is 0.0827. The molecule has 88 valence electrons. The Morgan fingerprint density at radius 3 is 2.71 bits per heavy atom. The van der Waals surface area contributed by atoms with E-state index in [9.17, 15) is 13.2 Å². The molecule has 0 N–H and O–H groups in total. The zero-order chi connectivity index (χ0) is 12.5. The highest BCUT2D eigenvalue weighted by Gasteiger charge is 2.31. The molecule has 4 heteroatoms. The summed E-state index contributed by atoms with van der Waals surface area (Å²) in [6, 6.07) is 2.68. The van der Waals surface area contributed by atoms with Crippen LogP contribution < -0.4 is 0 Å². The summed E-state index contributed by atoms with van der Waals surface area (Å²) >= 11 is 0. The van der Waals surface area contributed by atoms with Gasteiger partial charge in [-0.3, -0.25) is 0 Å². The van der Waals surface area contributed by atoms with Crippen molar-refractivity contribution in [2.45, 2.75) is 25.2 Å². The number of nitrogens with zero attached hydrogens (tertiary/aromatic N) is 1. The van der Waals surface area contributed by atoms with E-state index in [0.717, 1.165) is 0 Å². The third-order valence-electron chi connectivity index (χ3n) is 2.72. The maximum atomic E-state index is 13.1. The van der Waals surface area contributed by atoms with Crippen LogP contribution in [0, 0.1) is 18.2 Å². The van der Waals surface area contributed by atoms with Crippen LogP contribution in [0.5, 0.6) is 0 Å². The van der Waals surface area contributed by atoms with Gasteiger partial charge in [0.25, 0.3) is 5.92 Å². The molecule has 1 nitrogen and oxygen atoms in total. The van der Waals surface area contributed by atoms with Crippen molar-refractivity contribution in [2.75, 3.05) is 0 Å². The second-order valence-corrected chi connectivity index (χ2v) is 3.96. The van der Waals surface area contributed by atoms with Crippen molar-refractivity contribution in [3.05, 3.63) is 35.4 Å². The molecule has 2 rings (SSSR count). The molecule has 1 aromatic rings. The lowest BCUT2D eigenvalue weighted by Gasteiger charge is -2.21. The van der Waals surface area contributed by atoms with E-state index < -0.39 is 11.7 Å². The first kappa shape index (κ1) is 11.7. The normalized spacial score (nSPS) is 18.4. The smallest absolute Gasteiger partial charge is 0.237 e. The van der Waals surface area contributed by atoms with Gasteiger partial charge in [-0.2, -0.15) is 0 Å². The van der Waals surface area contributed by atoms with Crippen LogP contribution in [0.1, 0.15) is 30.7 Å². The predicted molar refractivity (Wildman–Crippen MR) is 58.9 cm³/mol. The van der Waals surface area contributed by atoms with Gasteiger partial charge in [0.05, 0.1) is 5.69 Å². The highest BCUT2D eigenvalue weighted by atomic mass is 19.3. The van der Waals surface area contributed by atoms with Crippen molar-refractivity contribution in [2.24, 2.45) is 0 Å². The Morgan fingerprint density at radius 2 is 2.12 bits per heavy atom. The zero-order valence-electron chi connectivity index (χ0n) is 9.01. The van der Waals surface area contributed by atoms with Gasteiger partial charge in [0.15, 0.2) is 5.82 Å². The maximum absolute atomic E-state index is 13.1. The van der Waals surface area contributed by atoms with E-state index >= 15 is 0 Å². The number of allylic oxidation sites excluding steroid dienone is 2. The molecule has 0 bridgehead atoms. The lowest BCUT2D eigenvalue weighted by Crippen LogP contribution is -2.18. The Morgan fingerprint density at radius 1 is 1.35 bits per heavy atom. The van der Waals surface area contributed by atoms with Crippen molar-refractivity contribution in [3.63, 3.8) is 0 Å². The van der Waals surface area contributed by atoms with E-state index in [2.05, 4.69) is 10.9 Å². The average molecular weight is 237 g/mol. The van der Waals surface area contributed by atoms with Gasteiger partial charge in [-0.15, -0.1) is 6.42 Å². The monoisotopic (exact) mass is 237 g/mol. The highest BCUT2D eigenvalue weighted by Crippen LogP contribution is 2.35. The Hall–Kier alpha value is -1.76. The number of alkyl halides is 2. The van der Waals surface area contributed by atoms with Crippen LogP contribution in [0.25, 0.3) is 5.57 Å². The molecule has 0 radical (unpaired) electrons. The molecule has 1 aliphatic carbocycles. The molecule has 0 atom stereocenters. The van der Waals surface area contributed by atoms with Crippen LogP contribution in [0.15, 0.2) is 18.2 Å². The topological polar surface area (TPSA) is 12.9 Å². The van der Waals surface area contributed by atoms with Gasteiger partial charge < -0.3 is 0 Å². The van der Waals surface area contributed by atoms with Crippen LogP contribution in [0.3, 0.4) is 0 Å². The minimum atomic E-state index is -2.64. The molecule has 0 saturated carbocycles. The zero-order valence-corrected chi connectivity index (χ0v) is 9.01. The van der Waals surface area contributed by atoms with E-state index in [1.165, 1.54) is 18.2 Å². The van der Waals surface area contributed by atoms with Gasteiger partial charge in [-0.05, 0) is 30.0 Å². The molecule has 0 unspecified atom stereocenters. The van der Waals surface area contributed by atoms with Crippen molar-refractivity contribution in [1.29, 1.82) is 0 Å². The molecule has 17 heavy (non-hydrogen) atoms. The number of aromatic nitrogens is 1. The maximum Gasteiger partial charge on any atom is 0.251 e. The molecule has 0 aliphatic heterocycles. The molecule has 0 spiro atoms. The van der Waals surface area contributed by atoms with Gasteiger partial charge in [0, 0.05) is 12.8 Å². The quantitative estimate of drug-likeness (QED) is 0.682. The SMILES string of the molecule is C#Cc1nc(C2=CCC(F)(F)CC2)ccc1F. The number of rotatable bonds is 1. The Labute approximate surface area is 97.4 Å². The van der Waals surface area contributed by atoms with Crippen LogP contribution in [0.2, 0.25) is 0 Å². The Bertz CT molecular complexity index is 512. The number of pyridine rings is 1. The molecule has 1 aliphatic rings. The lowest BCUT2D eigenvalue weighted by molar-refractivity contribution is -0.00605. The van der Waals surface area contributed by atoms with Crippen LogP contribution >= 0.6 is 0 Å². The van der Waals surface area contributed by atoms with Crippen LogP contribution in [-0.2, 0) is 0 Å². The summed E-state index contributed by atoms with van der Waals surface area (Å²) in [6.45, 7) is 0. The second kappa shape index (κ2) is 4.25. The fourth-order valence-electron chi connectivity index (χ4n) is 1.75. The third kappa shape index (κ3) is 2.50. The van der Waals surface area contributed by atoms with Crippen molar-refractivity contribution in [3.8, 4) is 12.3 Å². The fourth-order valence-corrected chi connectivity index (χ4v) is 1.75. The van der Waals surface area contributed by atoms with E-state index in [0.29, 0.717) is 11.3 Å². The first-order chi connectivity index (χ1) is 8.02. The fraction of sp³-hybridized carbons (Fsp3) is 0.308. The first-order valence-electron chi connectivity index (χ1n) is 5.22. The molecule has 1 aromatic heterocycles. The Balaban J connectivity index is 2.31. The number of terminal acetylenes is 1. The number of halogens is 3. The number of hydrogen-bond acceptors (Lipinski definition) is 1. The van der Waals surface area contributed by atoms with Gasteiger partial charge in [-0.25, -0.2) is 18.2 Å². The van der Waals surface area contributed by atoms with E-state index in [1.807, 2.05) is 0 Å². The molecule has 1 heterocycles. The van der Waals surface area contributed by atoms with Gasteiger partial charge in [0.1, 0.15) is 5.69 Å². The predicted octanol–water partition coefficient (Wildman–Crippen LogP) is 3.40. The van der Waals surface area contributed by atoms with Crippen molar-refractivity contribution < 1.29 is 13.2 Å². The molecule has 0 saturated heterocycles. The molecular weight excluding hydrogens is 227 g/mol. The summed E-state index contributed by atoms with van der Waals surface area (Å²) < 4.78 is 39.0. The molecular formula is C13H10F3N. The molecule has 0 aromatic carbocycles. The van der Waals surface area contributed by atoms with Gasteiger partial charge >= 0.3 is 0 Å². The standard InChI is InChI=1S/C13H10F3N/c1-2-11-10(14)3-4-12(17-11)9-5-7-13(15,16)8-6-9/h1,3-5H,6-8H2. The summed E-state index contributed by atoms with van der Waals surface area (Å²) in [7, 11) is 0. The van der Waals surface area contributed by atoms with Crippen molar-refractivity contribution >= 4 is 5.57 Å². The summed E-state index contributed by atoms with van der Waals surface area (Å²) in [6.07, 6.45) is 6.28. The molecule has 0 amide bonds. The Kier molecular flexibility index (Phi) is 2.93. The van der Waals surface area contributed by atoms with Gasteiger partial charge in [0.2, 0.25) is 0 Å². The minimum Gasteiger partial charge on any atom is -0.237 e. The number of hydrogen-bond donors (Lipinski definition) is 0.